The summed E-state index contributed by atoms with van der Waals surface area (Å²) in [7, 11) is 0. The van der Waals surface area contributed by atoms with Crippen LogP contribution in [0.2, 0.25) is 0 Å². The van der Waals surface area contributed by atoms with Crippen LogP contribution in [-0.4, -0.2) is 19.7 Å². The van der Waals surface area contributed by atoms with Gasteiger partial charge < -0.3 is 0 Å². The fourth-order valence-electron chi connectivity index (χ4n) is 2.87. The Balaban J connectivity index is 1.79. The lowest BCUT2D eigenvalue weighted by atomic mass is 10.1. The van der Waals surface area contributed by atoms with Crippen LogP contribution in [0, 0.1) is 6.92 Å². The van der Waals surface area contributed by atoms with E-state index in [1.807, 2.05) is 17.1 Å². The van der Waals surface area contributed by atoms with Crippen molar-refractivity contribution in [3.63, 3.8) is 0 Å². The van der Waals surface area contributed by atoms with E-state index in [1.54, 1.807) is 0 Å². The van der Waals surface area contributed by atoms with Crippen molar-refractivity contribution >= 4 is 0 Å². The third-order valence-electron chi connectivity index (χ3n) is 4.17. The van der Waals surface area contributed by atoms with E-state index in [0.29, 0.717) is 0 Å². The zero-order chi connectivity index (χ0) is 16.8. The molecule has 0 aliphatic rings. The van der Waals surface area contributed by atoms with Gasteiger partial charge in [-0.25, -0.2) is 0 Å². The van der Waals surface area contributed by atoms with Gasteiger partial charge in [0.05, 0.1) is 5.69 Å². The predicted octanol–water partition coefficient (Wildman–Crippen LogP) is 3.81. The van der Waals surface area contributed by atoms with Crippen LogP contribution in [0.15, 0.2) is 61.1 Å². The first-order valence-electron chi connectivity index (χ1n) is 8.42. The number of aryl methyl sites for hydroxylation is 2. The minimum atomic E-state index is 0.892. The minimum Gasteiger partial charge on any atom is -0.290 e. The van der Waals surface area contributed by atoms with Crippen LogP contribution in [0.3, 0.4) is 0 Å². The Bertz CT molecular complexity index is 708. The standard InChI is InChI=1S/C20H24N4/c1-3-24-16-20(17(2)22-24)15-23(13-18-7-5-4-6-8-18)14-19-9-11-21-12-10-19/h4-12,16H,3,13-15H2,1-2H3. The highest BCUT2D eigenvalue weighted by molar-refractivity contribution is 5.19. The van der Waals surface area contributed by atoms with Crippen molar-refractivity contribution in [2.45, 2.75) is 40.0 Å². The van der Waals surface area contributed by atoms with Crippen molar-refractivity contribution in [3.8, 4) is 0 Å². The Morgan fingerprint density at radius 3 is 2.21 bits per heavy atom. The van der Waals surface area contributed by atoms with E-state index >= 15 is 0 Å². The SMILES string of the molecule is CCn1cc(CN(Cc2ccccc2)Cc2ccncc2)c(C)n1. The fraction of sp³-hybridized carbons (Fsp3) is 0.300. The predicted molar refractivity (Wildman–Crippen MR) is 96.3 cm³/mol. The highest BCUT2D eigenvalue weighted by Crippen LogP contribution is 2.15. The van der Waals surface area contributed by atoms with E-state index in [1.165, 1.54) is 16.7 Å². The van der Waals surface area contributed by atoms with Crippen LogP contribution in [0.25, 0.3) is 0 Å². The number of benzene rings is 1. The third-order valence-corrected chi connectivity index (χ3v) is 4.17. The van der Waals surface area contributed by atoms with Crippen molar-refractivity contribution < 1.29 is 0 Å². The van der Waals surface area contributed by atoms with Gasteiger partial charge in [0.15, 0.2) is 0 Å². The molecule has 0 spiro atoms. The van der Waals surface area contributed by atoms with Gasteiger partial charge in [-0.1, -0.05) is 30.3 Å². The summed E-state index contributed by atoms with van der Waals surface area (Å²) < 4.78 is 2.01. The molecule has 2 aromatic heterocycles. The molecule has 0 saturated heterocycles. The average Bonchev–Trinajstić information content (AvgIpc) is 2.96. The lowest BCUT2D eigenvalue weighted by molar-refractivity contribution is 0.247. The van der Waals surface area contributed by atoms with E-state index in [0.717, 1.165) is 31.9 Å². The highest BCUT2D eigenvalue weighted by Gasteiger charge is 2.12. The van der Waals surface area contributed by atoms with Gasteiger partial charge in [0.1, 0.15) is 0 Å². The molecule has 4 nitrogen and oxygen atoms in total. The van der Waals surface area contributed by atoms with Gasteiger partial charge in [0, 0.05) is 50.3 Å². The molecule has 124 valence electrons. The quantitative estimate of drug-likeness (QED) is 0.664. The first-order chi connectivity index (χ1) is 11.7. The van der Waals surface area contributed by atoms with Gasteiger partial charge in [0.25, 0.3) is 0 Å². The number of hydrogen-bond acceptors (Lipinski definition) is 3. The minimum absolute atomic E-state index is 0.892. The van der Waals surface area contributed by atoms with Gasteiger partial charge in [-0.3, -0.25) is 14.6 Å². The summed E-state index contributed by atoms with van der Waals surface area (Å²) in [5.41, 5.74) is 5.01. The normalized spacial score (nSPS) is 11.1. The molecular weight excluding hydrogens is 296 g/mol. The monoisotopic (exact) mass is 320 g/mol. The molecule has 24 heavy (non-hydrogen) atoms. The van der Waals surface area contributed by atoms with Crippen molar-refractivity contribution in [2.75, 3.05) is 0 Å². The van der Waals surface area contributed by atoms with Gasteiger partial charge >= 0.3 is 0 Å². The maximum atomic E-state index is 4.58. The van der Waals surface area contributed by atoms with Crippen molar-refractivity contribution in [1.82, 2.24) is 19.7 Å². The molecule has 0 aliphatic heterocycles. The summed E-state index contributed by atoms with van der Waals surface area (Å²) in [6, 6.07) is 14.8. The number of hydrogen-bond donors (Lipinski definition) is 0. The summed E-state index contributed by atoms with van der Waals surface area (Å²) in [6.45, 7) is 7.82. The van der Waals surface area contributed by atoms with Crippen molar-refractivity contribution in [1.29, 1.82) is 0 Å². The topological polar surface area (TPSA) is 34.0 Å². The molecule has 3 aromatic rings. The summed E-state index contributed by atoms with van der Waals surface area (Å²) in [6.07, 6.45) is 5.88. The van der Waals surface area contributed by atoms with Crippen LogP contribution >= 0.6 is 0 Å². The van der Waals surface area contributed by atoms with E-state index in [-0.39, 0.29) is 0 Å². The molecule has 0 bridgehead atoms. The molecular formula is C20H24N4. The second-order valence-electron chi connectivity index (χ2n) is 6.08. The zero-order valence-electron chi connectivity index (χ0n) is 14.4. The summed E-state index contributed by atoms with van der Waals surface area (Å²) >= 11 is 0. The van der Waals surface area contributed by atoms with Crippen LogP contribution in [0.4, 0.5) is 0 Å². The Morgan fingerprint density at radius 2 is 1.58 bits per heavy atom. The largest absolute Gasteiger partial charge is 0.290 e. The number of aromatic nitrogens is 3. The second kappa shape index (κ2) is 7.88. The molecule has 0 N–H and O–H groups in total. The van der Waals surface area contributed by atoms with Crippen LogP contribution < -0.4 is 0 Å². The number of pyridine rings is 1. The van der Waals surface area contributed by atoms with Gasteiger partial charge in [-0.05, 0) is 37.1 Å². The zero-order valence-corrected chi connectivity index (χ0v) is 14.4. The molecule has 0 saturated carbocycles. The van der Waals surface area contributed by atoms with E-state index < -0.39 is 0 Å². The molecule has 1 aromatic carbocycles. The maximum absolute atomic E-state index is 4.58. The number of nitrogens with zero attached hydrogens (tertiary/aromatic N) is 4. The maximum Gasteiger partial charge on any atom is 0.0638 e. The molecule has 0 radical (unpaired) electrons. The molecule has 0 amide bonds. The Labute approximate surface area is 143 Å². The number of rotatable bonds is 7. The van der Waals surface area contributed by atoms with E-state index in [9.17, 15) is 0 Å². The fourth-order valence-corrected chi connectivity index (χ4v) is 2.87. The molecule has 0 aliphatic carbocycles. The van der Waals surface area contributed by atoms with E-state index in [2.05, 4.69) is 77.5 Å². The summed E-state index contributed by atoms with van der Waals surface area (Å²) in [5, 5.41) is 4.58. The van der Waals surface area contributed by atoms with Crippen molar-refractivity contribution in [2.24, 2.45) is 0 Å². The van der Waals surface area contributed by atoms with Crippen molar-refractivity contribution in [3.05, 3.63) is 83.4 Å². The first-order valence-corrected chi connectivity index (χ1v) is 8.42. The molecule has 4 heteroatoms. The van der Waals surface area contributed by atoms with Crippen LogP contribution in [-0.2, 0) is 26.2 Å². The van der Waals surface area contributed by atoms with Gasteiger partial charge in [0.2, 0.25) is 0 Å². The van der Waals surface area contributed by atoms with Gasteiger partial charge in [-0.2, -0.15) is 5.10 Å². The van der Waals surface area contributed by atoms with Crippen LogP contribution in [0.1, 0.15) is 29.3 Å². The Morgan fingerprint density at radius 1 is 0.917 bits per heavy atom. The molecule has 3 rings (SSSR count). The third kappa shape index (κ3) is 4.30. The lowest BCUT2D eigenvalue weighted by Gasteiger charge is -2.22. The molecule has 0 fully saturated rings. The molecule has 0 atom stereocenters. The average molecular weight is 320 g/mol. The smallest absolute Gasteiger partial charge is 0.0638 e. The van der Waals surface area contributed by atoms with Crippen LogP contribution in [0.5, 0.6) is 0 Å². The molecule has 2 heterocycles. The second-order valence-corrected chi connectivity index (χ2v) is 6.08. The summed E-state index contributed by atoms with van der Waals surface area (Å²) in [5.74, 6) is 0. The lowest BCUT2D eigenvalue weighted by Crippen LogP contribution is -2.22. The van der Waals surface area contributed by atoms with E-state index in [4.69, 9.17) is 0 Å². The Hall–Kier alpha value is -2.46. The Kier molecular flexibility index (Phi) is 5.39. The summed E-state index contributed by atoms with van der Waals surface area (Å²) in [4.78, 5) is 6.57. The molecule has 0 unspecified atom stereocenters. The van der Waals surface area contributed by atoms with Gasteiger partial charge in [-0.15, -0.1) is 0 Å². The highest BCUT2D eigenvalue weighted by atomic mass is 15.3. The first kappa shape index (κ1) is 16.4.